The molecule has 2 aromatic carbocycles. The SMILES string of the molecule is CCCOC(=O)c1ccc(N2C(=O)C(O)=C(C(=O)c3sc(-c4ccccc4)nc3C)C2c2cccnc2)cc1. The lowest BCUT2D eigenvalue weighted by atomic mass is 9.96. The molecule has 0 spiro atoms. The first kappa shape index (κ1) is 26.0. The second kappa shape index (κ2) is 11.0. The van der Waals surface area contributed by atoms with Gasteiger partial charge in [-0.25, -0.2) is 9.78 Å². The van der Waals surface area contributed by atoms with Crippen molar-refractivity contribution in [2.24, 2.45) is 0 Å². The Bertz CT molecular complexity index is 1560. The predicted molar refractivity (Wildman–Crippen MR) is 148 cm³/mol. The highest BCUT2D eigenvalue weighted by Gasteiger charge is 2.45. The van der Waals surface area contributed by atoms with Gasteiger partial charge < -0.3 is 9.84 Å². The fourth-order valence-electron chi connectivity index (χ4n) is 4.43. The highest BCUT2D eigenvalue weighted by atomic mass is 32.1. The summed E-state index contributed by atoms with van der Waals surface area (Å²) in [5.74, 6) is -2.30. The number of aromatic nitrogens is 2. The van der Waals surface area contributed by atoms with Crippen LogP contribution < -0.4 is 4.90 Å². The summed E-state index contributed by atoms with van der Waals surface area (Å²) in [6, 6.07) is 18.3. The number of ketones is 1. The van der Waals surface area contributed by atoms with Gasteiger partial charge in [-0.1, -0.05) is 43.3 Å². The third kappa shape index (κ3) is 4.96. The van der Waals surface area contributed by atoms with E-state index in [1.807, 2.05) is 37.3 Å². The number of ether oxygens (including phenoxy) is 1. The first-order chi connectivity index (χ1) is 18.9. The van der Waals surface area contributed by atoms with E-state index in [0.29, 0.717) is 45.4 Å². The average Bonchev–Trinajstić information content (AvgIpc) is 3.49. The molecule has 1 aliphatic heterocycles. The Kier molecular flexibility index (Phi) is 7.33. The summed E-state index contributed by atoms with van der Waals surface area (Å²) in [5, 5.41) is 11.7. The normalized spacial score (nSPS) is 15.1. The second-order valence-corrected chi connectivity index (χ2v) is 9.94. The molecule has 1 N–H and O–H groups in total. The number of nitrogens with zero attached hydrogens (tertiary/aromatic N) is 3. The summed E-state index contributed by atoms with van der Waals surface area (Å²) in [6.45, 7) is 3.95. The molecule has 0 saturated carbocycles. The number of Topliss-reactive ketones (excluding diaryl/α,β-unsaturated/α-hetero) is 1. The van der Waals surface area contributed by atoms with Gasteiger partial charge in [0.05, 0.1) is 34.4 Å². The van der Waals surface area contributed by atoms with Crippen molar-refractivity contribution in [3.8, 4) is 10.6 Å². The van der Waals surface area contributed by atoms with Crippen LogP contribution in [0.15, 0.2) is 90.5 Å². The molecule has 1 unspecified atom stereocenters. The lowest BCUT2D eigenvalue weighted by Gasteiger charge is -2.26. The van der Waals surface area contributed by atoms with Crippen LogP contribution in [-0.2, 0) is 9.53 Å². The number of thiazole rings is 1. The Labute approximate surface area is 229 Å². The van der Waals surface area contributed by atoms with Gasteiger partial charge in [-0.05, 0) is 49.2 Å². The third-order valence-electron chi connectivity index (χ3n) is 6.29. The molecule has 0 saturated heterocycles. The van der Waals surface area contributed by atoms with Gasteiger partial charge in [0, 0.05) is 23.6 Å². The number of aliphatic hydroxyl groups excluding tert-OH is 1. The molecule has 5 rings (SSSR count). The molecular formula is C30H25N3O5S. The smallest absolute Gasteiger partial charge is 0.338 e. The number of anilines is 1. The fraction of sp³-hybridized carbons (Fsp3) is 0.167. The van der Waals surface area contributed by atoms with Crippen molar-refractivity contribution in [3.63, 3.8) is 0 Å². The number of hydrogen-bond acceptors (Lipinski definition) is 8. The molecule has 4 aromatic rings. The van der Waals surface area contributed by atoms with Gasteiger partial charge in [0.15, 0.2) is 5.76 Å². The van der Waals surface area contributed by atoms with Crippen LogP contribution >= 0.6 is 11.3 Å². The molecule has 0 bridgehead atoms. The Morgan fingerprint density at radius 3 is 2.46 bits per heavy atom. The molecular weight excluding hydrogens is 514 g/mol. The maximum absolute atomic E-state index is 14.0. The average molecular weight is 540 g/mol. The van der Waals surface area contributed by atoms with Crippen LogP contribution in [0, 0.1) is 6.92 Å². The Morgan fingerprint density at radius 1 is 1.05 bits per heavy atom. The molecule has 8 nitrogen and oxygen atoms in total. The van der Waals surface area contributed by atoms with E-state index in [0.717, 1.165) is 5.56 Å². The van der Waals surface area contributed by atoms with Gasteiger partial charge in [-0.15, -0.1) is 11.3 Å². The van der Waals surface area contributed by atoms with Gasteiger partial charge >= 0.3 is 5.97 Å². The molecule has 1 amide bonds. The van der Waals surface area contributed by atoms with Gasteiger partial charge in [0.2, 0.25) is 5.78 Å². The van der Waals surface area contributed by atoms with E-state index < -0.39 is 29.5 Å². The largest absolute Gasteiger partial charge is 0.503 e. The molecule has 0 radical (unpaired) electrons. The van der Waals surface area contributed by atoms with Crippen LogP contribution in [0.5, 0.6) is 0 Å². The summed E-state index contributed by atoms with van der Waals surface area (Å²) in [7, 11) is 0. The van der Waals surface area contributed by atoms with E-state index in [-0.39, 0.29) is 5.57 Å². The molecule has 39 heavy (non-hydrogen) atoms. The first-order valence-corrected chi connectivity index (χ1v) is 13.2. The number of amides is 1. The number of rotatable bonds is 8. The minimum absolute atomic E-state index is 0.0502. The van der Waals surface area contributed by atoms with Crippen molar-refractivity contribution in [1.29, 1.82) is 0 Å². The lowest BCUT2D eigenvalue weighted by molar-refractivity contribution is -0.117. The maximum Gasteiger partial charge on any atom is 0.338 e. The van der Waals surface area contributed by atoms with E-state index in [1.165, 1.54) is 16.2 Å². The van der Waals surface area contributed by atoms with Crippen molar-refractivity contribution in [2.75, 3.05) is 11.5 Å². The number of hydrogen-bond donors (Lipinski definition) is 1. The van der Waals surface area contributed by atoms with Gasteiger partial charge in [0.1, 0.15) is 5.01 Å². The Balaban J connectivity index is 1.54. The second-order valence-electron chi connectivity index (χ2n) is 8.94. The lowest BCUT2D eigenvalue weighted by Crippen LogP contribution is -2.31. The van der Waals surface area contributed by atoms with Crippen molar-refractivity contribution in [2.45, 2.75) is 26.3 Å². The quantitative estimate of drug-likeness (QED) is 0.220. The van der Waals surface area contributed by atoms with E-state index in [4.69, 9.17) is 4.74 Å². The molecule has 1 atom stereocenters. The highest BCUT2D eigenvalue weighted by Crippen LogP contribution is 2.43. The topological polar surface area (TPSA) is 110 Å². The van der Waals surface area contributed by atoms with Crippen LogP contribution in [-0.4, -0.2) is 39.3 Å². The molecule has 9 heteroatoms. The number of carbonyl (C=O) groups excluding carboxylic acids is 3. The molecule has 3 heterocycles. The molecule has 1 aliphatic rings. The zero-order chi connectivity index (χ0) is 27.5. The summed E-state index contributed by atoms with van der Waals surface area (Å²) in [4.78, 5) is 50.1. The molecule has 0 aliphatic carbocycles. The molecule has 2 aromatic heterocycles. The van der Waals surface area contributed by atoms with E-state index >= 15 is 0 Å². The van der Waals surface area contributed by atoms with Crippen LogP contribution in [0.1, 0.15) is 50.7 Å². The van der Waals surface area contributed by atoms with Gasteiger partial charge in [-0.2, -0.15) is 0 Å². The van der Waals surface area contributed by atoms with Crippen LogP contribution in [0.3, 0.4) is 0 Å². The van der Waals surface area contributed by atoms with Crippen molar-refractivity contribution >= 4 is 34.7 Å². The van der Waals surface area contributed by atoms with E-state index in [2.05, 4.69) is 9.97 Å². The third-order valence-corrected chi connectivity index (χ3v) is 7.50. The number of aliphatic hydroxyl groups is 1. The minimum atomic E-state index is -0.932. The predicted octanol–water partition coefficient (Wildman–Crippen LogP) is 5.86. The van der Waals surface area contributed by atoms with Gasteiger partial charge in [0.25, 0.3) is 5.91 Å². The fourth-order valence-corrected chi connectivity index (χ4v) is 5.45. The van der Waals surface area contributed by atoms with Crippen LogP contribution in [0.2, 0.25) is 0 Å². The molecule has 196 valence electrons. The van der Waals surface area contributed by atoms with Crippen LogP contribution in [0.4, 0.5) is 5.69 Å². The summed E-state index contributed by atoms with van der Waals surface area (Å²) < 4.78 is 5.19. The van der Waals surface area contributed by atoms with Crippen molar-refractivity contribution < 1.29 is 24.2 Å². The standard InChI is InChI=1S/C30H25N3O5S/c1-3-16-38-30(37)20-11-13-22(14-12-20)33-24(21-10-7-15-31-17-21)23(26(35)29(33)36)25(34)27-18(2)32-28(39-27)19-8-5-4-6-9-19/h4-15,17,24,35H,3,16H2,1-2H3. The summed E-state index contributed by atoms with van der Waals surface area (Å²) >= 11 is 1.21. The molecule has 0 fully saturated rings. The number of pyridine rings is 1. The highest BCUT2D eigenvalue weighted by molar-refractivity contribution is 7.17. The van der Waals surface area contributed by atoms with Crippen molar-refractivity contribution in [3.05, 3.63) is 112 Å². The summed E-state index contributed by atoms with van der Waals surface area (Å²) in [6.07, 6.45) is 3.85. The Morgan fingerprint density at radius 2 is 1.79 bits per heavy atom. The summed E-state index contributed by atoms with van der Waals surface area (Å²) in [5.41, 5.74) is 2.62. The first-order valence-electron chi connectivity index (χ1n) is 12.4. The monoisotopic (exact) mass is 539 g/mol. The number of benzene rings is 2. The van der Waals surface area contributed by atoms with E-state index in [1.54, 1.807) is 55.7 Å². The van der Waals surface area contributed by atoms with Crippen molar-refractivity contribution in [1.82, 2.24) is 9.97 Å². The minimum Gasteiger partial charge on any atom is -0.503 e. The number of aryl methyl sites for hydroxylation is 1. The number of esters is 1. The number of carbonyl (C=O) groups is 3. The van der Waals surface area contributed by atoms with Gasteiger partial charge in [-0.3, -0.25) is 19.5 Å². The van der Waals surface area contributed by atoms with E-state index in [9.17, 15) is 19.5 Å². The van der Waals surface area contributed by atoms with Crippen LogP contribution in [0.25, 0.3) is 10.6 Å². The maximum atomic E-state index is 14.0. The zero-order valence-electron chi connectivity index (χ0n) is 21.3. The Hall–Kier alpha value is -4.63. The zero-order valence-corrected chi connectivity index (χ0v) is 22.1.